The second-order valence-electron chi connectivity index (χ2n) is 1.09. The Morgan fingerprint density at radius 1 is 2.00 bits per heavy atom. The Morgan fingerprint density at radius 3 is 3.38 bits per heavy atom. The topological polar surface area (TPSA) is 45.8 Å². The van der Waals surface area contributed by atoms with E-state index >= 15 is 0 Å². The molecular formula is C4H3BrN2O. The summed E-state index contributed by atoms with van der Waals surface area (Å²) >= 11 is 2.89. The van der Waals surface area contributed by atoms with Crippen LogP contribution in [0.25, 0.3) is 0 Å². The van der Waals surface area contributed by atoms with Gasteiger partial charge >= 0.3 is 0 Å². The number of hydrogen-bond donors (Lipinski definition) is 1. The largest absolute Gasteiger partial charge is 0.325 e. The van der Waals surface area contributed by atoms with Gasteiger partial charge in [-0.05, 0) is 15.9 Å². The fourth-order valence-corrected chi connectivity index (χ4v) is 0.452. The minimum absolute atomic E-state index is 0.110. The molecule has 0 aromatic carbocycles. The Bertz CT molecular complexity index is 311. The summed E-state index contributed by atoms with van der Waals surface area (Å²) in [6.45, 7) is 0. The van der Waals surface area contributed by atoms with Crippen molar-refractivity contribution in [1.29, 1.82) is 0 Å². The van der Waals surface area contributed by atoms with Gasteiger partial charge in [-0.25, -0.2) is 4.98 Å². The van der Waals surface area contributed by atoms with Gasteiger partial charge in [-0.3, -0.25) is 4.79 Å². The summed E-state index contributed by atoms with van der Waals surface area (Å²) in [5.41, 5.74) is -0.645. The Kier molecular flexibility index (Phi) is 0.886. The van der Waals surface area contributed by atoms with Crippen molar-refractivity contribution in [3.05, 3.63) is 27.3 Å². The zero-order valence-electron chi connectivity index (χ0n) is 5.73. The molecule has 0 aliphatic carbocycles. The van der Waals surface area contributed by atoms with E-state index in [0.29, 0.717) is 0 Å². The molecule has 0 bridgehead atoms. The minimum atomic E-state index is -0.645. The van der Waals surface area contributed by atoms with Crippen LogP contribution in [-0.4, -0.2) is 9.97 Å². The normalized spacial score (nSPS) is 12.6. The molecule has 8 heavy (non-hydrogen) atoms. The van der Waals surface area contributed by atoms with Crippen LogP contribution >= 0.6 is 15.9 Å². The van der Waals surface area contributed by atoms with Crippen LogP contribution in [0, 0.1) is 0 Å². The molecule has 0 atom stereocenters. The van der Waals surface area contributed by atoms with E-state index in [0.717, 1.165) is 0 Å². The van der Waals surface area contributed by atoms with Crippen LogP contribution in [0.15, 0.2) is 21.7 Å². The maximum absolute atomic E-state index is 10.5. The van der Waals surface area contributed by atoms with Gasteiger partial charge in [0.25, 0.3) is 5.56 Å². The number of halogens is 1. The Balaban J connectivity index is 3.43. The molecule has 1 N–H and O–H groups in total. The molecule has 1 rings (SSSR count). The number of H-pyrrole nitrogens is 1. The number of nitrogens with zero attached hydrogens (tertiary/aromatic N) is 1. The Hall–Kier alpha value is -0.640. The Morgan fingerprint density at radius 2 is 2.75 bits per heavy atom. The first-order valence-corrected chi connectivity index (χ1v) is 2.63. The molecule has 1 aromatic heterocycles. The van der Waals surface area contributed by atoms with Crippen LogP contribution in [0.5, 0.6) is 0 Å². The molecule has 1 aromatic rings. The molecule has 0 unspecified atom stereocenters. The first-order chi connectivity index (χ1) is 4.61. The standard InChI is InChI=1S/C4H3BrN2O/c5-3-1-7-4(8)2-6-3/h1-2H,(H,7,8)/i1D,2D. The number of aromatic nitrogens is 2. The summed E-state index contributed by atoms with van der Waals surface area (Å²) in [6.07, 6.45) is -0.496. The molecular weight excluding hydrogens is 172 g/mol. The second kappa shape index (κ2) is 2.09. The first kappa shape index (κ1) is 3.40. The molecule has 0 amide bonds. The molecule has 4 heteroatoms. The van der Waals surface area contributed by atoms with E-state index in [9.17, 15) is 4.79 Å². The maximum atomic E-state index is 10.5. The van der Waals surface area contributed by atoms with Crippen molar-refractivity contribution < 1.29 is 2.74 Å². The zero-order valence-corrected chi connectivity index (χ0v) is 5.32. The van der Waals surface area contributed by atoms with E-state index in [1.54, 1.807) is 0 Å². The average molecular weight is 177 g/mol. The monoisotopic (exact) mass is 176 g/mol. The van der Waals surface area contributed by atoms with Crippen LogP contribution in [0.3, 0.4) is 0 Å². The van der Waals surface area contributed by atoms with Gasteiger partial charge in [0, 0.05) is 6.17 Å². The predicted molar refractivity (Wildman–Crippen MR) is 32.6 cm³/mol. The average Bonchev–Trinajstić information content (AvgIpc) is 1.84. The van der Waals surface area contributed by atoms with Crippen LogP contribution in [0.1, 0.15) is 2.74 Å². The highest BCUT2D eigenvalue weighted by molar-refractivity contribution is 9.10. The van der Waals surface area contributed by atoms with E-state index in [2.05, 4.69) is 25.9 Å². The highest BCUT2D eigenvalue weighted by Crippen LogP contribution is 1.96. The SMILES string of the molecule is [2H]c1[nH]c(=O)c([2H])nc1Br. The lowest BCUT2D eigenvalue weighted by Gasteiger charge is -1.81. The van der Waals surface area contributed by atoms with Gasteiger partial charge in [0.1, 0.15) is 4.60 Å². The van der Waals surface area contributed by atoms with Crippen molar-refractivity contribution in [1.82, 2.24) is 9.97 Å². The van der Waals surface area contributed by atoms with Crippen molar-refractivity contribution in [3.63, 3.8) is 0 Å². The summed E-state index contributed by atoms with van der Waals surface area (Å²) in [6, 6.07) is 0. The summed E-state index contributed by atoms with van der Waals surface area (Å²) < 4.78 is 14.1. The quantitative estimate of drug-likeness (QED) is 0.628. The molecule has 0 saturated carbocycles. The van der Waals surface area contributed by atoms with E-state index in [1.807, 2.05) is 0 Å². The van der Waals surface area contributed by atoms with Gasteiger partial charge in [0.15, 0.2) is 0 Å². The predicted octanol–water partition coefficient (Wildman–Crippen LogP) is 0.532. The van der Waals surface area contributed by atoms with E-state index in [-0.39, 0.29) is 16.9 Å². The smallest absolute Gasteiger partial charge is 0.266 e. The van der Waals surface area contributed by atoms with Crippen molar-refractivity contribution in [2.45, 2.75) is 0 Å². The number of rotatable bonds is 0. The highest BCUT2D eigenvalue weighted by Gasteiger charge is 1.82. The number of aromatic amines is 1. The lowest BCUT2D eigenvalue weighted by atomic mass is 10.8. The molecule has 1 heterocycles. The third-order valence-corrected chi connectivity index (χ3v) is 0.910. The molecule has 42 valence electrons. The lowest BCUT2D eigenvalue weighted by molar-refractivity contribution is 1.11. The molecule has 0 radical (unpaired) electrons. The molecule has 0 fully saturated rings. The van der Waals surface area contributed by atoms with Crippen molar-refractivity contribution in [2.75, 3.05) is 0 Å². The van der Waals surface area contributed by atoms with E-state index < -0.39 is 5.56 Å². The van der Waals surface area contributed by atoms with E-state index in [1.165, 1.54) is 0 Å². The van der Waals surface area contributed by atoms with Crippen LogP contribution < -0.4 is 5.56 Å². The molecule has 0 spiro atoms. The molecule has 3 nitrogen and oxygen atoms in total. The van der Waals surface area contributed by atoms with Crippen LogP contribution in [0.4, 0.5) is 0 Å². The van der Waals surface area contributed by atoms with Crippen molar-refractivity contribution in [2.24, 2.45) is 0 Å². The third kappa shape index (κ3) is 1.16. The maximum Gasteiger partial charge on any atom is 0.266 e. The third-order valence-electron chi connectivity index (χ3n) is 0.535. The molecule has 0 aliphatic heterocycles. The van der Waals surface area contributed by atoms with Gasteiger partial charge < -0.3 is 4.98 Å². The minimum Gasteiger partial charge on any atom is -0.325 e. The Labute approximate surface area is 56.7 Å². The zero-order chi connectivity index (χ0) is 7.72. The lowest BCUT2D eigenvalue weighted by Crippen LogP contribution is -2.02. The van der Waals surface area contributed by atoms with Crippen molar-refractivity contribution >= 4 is 15.9 Å². The molecule has 0 aliphatic rings. The van der Waals surface area contributed by atoms with Gasteiger partial charge in [0.2, 0.25) is 0 Å². The van der Waals surface area contributed by atoms with Gasteiger partial charge in [0.05, 0.1) is 8.91 Å². The van der Waals surface area contributed by atoms with Gasteiger partial charge in [-0.2, -0.15) is 0 Å². The second-order valence-corrected chi connectivity index (χ2v) is 1.84. The summed E-state index contributed by atoms with van der Waals surface area (Å²) in [5.74, 6) is 0. The number of hydrogen-bond acceptors (Lipinski definition) is 2. The summed E-state index contributed by atoms with van der Waals surface area (Å²) in [5, 5.41) is 0. The van der Waals surface area contributed by atoms with Crippen LogP contribution in [-0.2, 0) is 0 Å². The first-order valence-electron chi connectivity index (χ1n) is 2.84. The highest BCUT2D eigenvalue weighted by atomic mass is 79.9. The van der Waals surface area contributed by atoms with Crippen molar-refractivity contribution in [3.8, 4) is 0 Å². The fourth-order valence-electron chi connectivity index (χ4n) is 0.264. The molecule has 0 saturated heterocycles. The van der Waals surface area contributed by atoms with E-state index in [4.69, 9.17) is 2.74 Å². The summed E-state index contributed by atoms with van der Waals surface area (Å²) in [7, 11) is 0. The summed E-state index contributed by atoms with van der Waals surface area (Å²) in [4.78, 5) is 16.1. The van der Waals surface area contributed by atoms with Gasteiger partial charge in [-0.1, -0.05) is 0 Å². The fraction of sp³-hybridized carbons (Fsp3) is 0. The number of nitrogens with one attached hydrogen (secondary N) is 1. The van der Waals surface area contributed by atoms with Gasteiger partial charge in [-0.15, -0.1) is 0 Å². The van der Waals surface area contributed by atoms with Crippen LogP contribution in [0.2, 0.25) is 0 Å².